The first-order chi connectivity index (χ1) is 12.1. The highest BCUT2D eigenvalue weighted by Gasteiger charge is 2.34. The van der Waals surface area contributed by atoms with Crippen molar-refractivity contribution in [1.29, 1.82) is 5.26 Å². The van der Waals surface area contributed by atoms with Gasteiger partial charge < -0.3 is 19.1 Å². The number of nitrogens with zero attached hydrogens (tertiary/aromatic N) is 2. The van der Waals surface area contributed by atoms with Gasteiger partial charge in [-0.1, -0.05) is 11.8 Å². The van der Waals surface area contributed by atoms with Crippen LogP contribution < -0.4 is 0 Å². The van der Waals surface area contributed by atoms with Crippen LogP contribution in [-0.2, 0) is 23.8 Å². The lowest BCUT2D eigenvalue weighted by atomic mass is 10.2. The van der Waals surface area contributed by atoms with Crippen molar-refractivity contribution in [1.82, 2.24) is 4.90 Å². The Kier molecular flexibility index (Phi) is 10.4. The molecule has 0 aromatic carbocycles. The summed E-state index contributed by atoms with van der Waals surface area (Å²) >= 11 is 6.78. The highest BCUT2D eigenvalue weighted by Crippen LogP contribution is 2.32. The molecule has 1 heterocycles. The molecule has 0 bridgehead atoms. The molecule has 0 aliphatic carbocycles. The van der Waals surface area contributed by atoms with Crippen molar-refractivity contribution in [2.24, 2.45) is 0 Å². The lowest BCUT2D eigenvalue weighted by Crippen LogP contribution is -2.38. The normalized spacial score (nSPS) is 15.4. The van der Waals surface area contributed by atoms with E-state index in [2.05, 4.69) is 6.07 Å². The largest absolute Gasteiger partial charge is 0.465 e. The molecule has 9 heteroatoms. The minimum atomic E-state index is -1.18. The van der Waals surface area contributed by atoms with E-state index < -0.39 is 17.2 Å². The van der Waals surface area contributed by atoms with E-state index in [0.29, 0.717) is 43.3 Å². The lowest BCUT2D eigenvalue weighted by molar-refractivity contribution is -0.152. The zero-order chi connectivity index (χ0) is 18.7. The molecule has 1 aliphatic rings. The Bertz CT molecular complexity index is 511. The highest BCUT2D eigenvalue weighted by molar-refractivity contribution is 8.05. The minimum Gasteiger partial charge on any atom is -0.465 e. The summed E-state index contributed by atoms with van der Waals surface area (Å²) in [5.74, 6) is -1.10. The molecule has 0 N–H and O–H groups in total. The Morgan fingerprint density at radius 3 is 2.24 bits per heavy atom. The third kappa shape index (κ3) is 6.77. The van der Waals surface area contributed by atoms with Gasteiger partial charge >= 0.3 is 11.9 Å². The molecule has 0 radical (unpaired) electrons. The van der Waals surface area contributed by atoms with E-state index in [0.717, 1.165) is 11.8 Å². The number of alkyl halides is 1. The van der Waals surface area contributed by atoms with Gasteiger partial charge in [-0.25, -0.2) is 0 Å². The predicted octanol–water partition coefficient (Wildman–Crippen LogP) is 1.91. The number of esters is 2. The molecule has 0 atom stereocenters. The molecule has 25 heavy (non-hydrogen) atoms. The second-order valence-corrected chi connectivity index (χ2v) is 6.41. The monoisotopic (exact) mass is 390 g/mol. The number of rotatable bonds is 9. The molecule has 0 unspecified atom stereocenters. The number of ether oxygens (including phenoxy) is 3. The third-order valence-electron chi connectivity index (χ3n) is 3.27. The Hall–Kier alpha value is -1.43. The van der Waals surface area contributed by atoms with E-state index in [4.69, 9.17) is 25.8 Å². The van der Waals surface area contributed by atoms with Crippen molar-refractivity contribution in [2.45, 2.75) is 25.5 Å². The van der Waals surface area contributed by atoms with E-state index in [1.807, 2.05) is 4.90 Å². The summed E-state index contributed by atoms with van der Waals surface area (Å²) < 4.78 is 15.3. The molecule has 0 saturated carbocycles. The zero-order valence-electron chi connectivity index (χ0n) is 14.5. The van der Waals surface area contributed by atoms with Gasteiger partial charge in [-0.2, -0.15) is 5.26 Å². The van der Waals surface area contributed by atoms with Crippen molar-refractivity contribution in [3.05, 3.63) is 10.6 Å². The molecule has 1 saturated heterocycles. The van der Waals surface area contributed by atoms with Crippen molar-refractivity contribution in [2.75, 3.05) is 45.4 Å². The SMILES string of the molecule is CCOC(=O)C(S/C(=C(/C#N)CCCl)N1CCOCC1)C(=O)OCC. The van der Waals surface area contributed by atoms with Gasteiger partial charge in [-0.3, -0.25) is 9.59 Å². The fraction of sp³-hybridized carbons (Fsp3) is 0.688. The van der Waals surface area contributed by atoms with E-state index in [1.54, 1.807) is 13.8 Å². The van der Waals surface area contributed by atoms with Gasteiger partial charge in [0, 0.05) is 19.0 Å². The molecule has 0 amide bonds. The number of nitriles is 1. The Labute approximate surface area is 157 Å². The van der Waals surface area contributed by atoms with Gasteiger partial charge in [0.25, 0.3) is 0 Å². The fourth-order valence-corrected chi connectivity index (χ4v) is 3.51. The van der Waals surface area contributed by atoms with Gasteiger partial charge in [0.05, 0.1) is 43.1 Å². The van der Waals surface area contributed by atoms with Crippen LogP contribution in [0.1, 0.15) is 20.3 Å². The summed E-state index contributed by atoms with van der Waals surface area (Å²) in [6.07, 6.45) is 0.343. The first-order valence-corrected chi connectivity index (χ1v) is 9.52. The summed E-state index contributed by atoms with van der Waals surface area (Å²) in [6.45, 7) is 5.77. The van der Waals surface area contributed by atoms with Crippen LogP contribution in [0.25, 0.3) is 0 Å². The first kappa shape index (κ1) is 21.6. The maximum absolute atomic E-state index is 12.2. The van der Waals surface area contributed by atoms with Crippen LogP contribution in [0, 0.1) is 11.3 Å². The number of hydrogen-bond donors (Lipinski definition) is 0. The molecule has 1 fully saturated rings. The number of hydrogen-bond acceptors (Lipinski definition) is 8. The molecule has 140 valence electrons. The van der Waals surface area contributed by atoms with E-state index in [1.165, 1.54) is 0 Å². The average Bonchev–Trinajstić information content (AvgIpc) is 2.62. The van der Waals surface area contributed by atoms with Gasteiger partial charge in [-0.15, -0.1) is 11.6 Å². The number of carbonyl (C=O) groups excluding carboxylic acids is 2. The van der Waals surface area contributed by atoms with Gasteiger partial charge in [0.1, 0.15) is 0 Å². The van der Waals surface area contributed by atoms with Crippen LogP contribution in [0.5, 0.6) is 0 Å². The van der Waals surface area contributed by atoms with Crippen LogP contribution in [-0.4, -0.2) is 67.5 Å². The second kappa shape index (κ2) is 12.0. The Balaban J connectivity index is 3.14. The molecule has 0 aromatic rings. The van der Waals surface area contributed by atoms with Crippen molar-refractivity contribution < 1.29 is 23.8 Å². The second-order valence-electron chi connectivity index (χ2n) is 4.94. The van der Waals surface area contributed by atoms with E-state index >= 15 is 0 Å². The topological polar surface area (TPSA) is 88.9 Å². The van der Waals surface area contributed by atoms with Crippen LogP contribution in [0.15, 0.2) is 10.6 Å². The lowest BCUT2D eigenvalue weighted by Gasteiger charge is -2.32. The molecule has 0 aromatic heterocycles. The predicted molar refractivity (Wildman–Crippen MR) is 95.0 cm³/mol. The van der Waals surface area contributed by atoms with Crippen molar-refractivity contribution >= 4 is 35.3 Å². The van der Waals surface area contributed by atoms with Crippen LogP contribution >= 0.6 is 23.4 Å². The van der Waals surface area contributed by atoms with Gasteiger partial charge in [0.2, 0.25) is 5.25 Å². The quantitative estimate of drug-likeness (QED) is 0.255. The van der Waals surface area contributed by atoms with Gasteiger partial charge in [-0.05, 0) is 20.3 Å². The van der Waals surface area contributed by atoms with Crippen LogP contribution in [0.2, 0.25) is 0 Å². The standard InChI is InChI=1S/C16H23ClN2O5S/c1-3-23-15(20)13(16(21)24-4-2)25-14(12(11-18)5-6-17)19-7-9-22-10-8-19/h13H,3-10H2,1-2H3/b14-12+. The van der Waals surface area contributed by atoms with Crippen LogP contribution in [0.4, 0.5) is 0 Å². The zero-order valence-corrected chi connectivity index (χ0v) is 16.0. The third-order valence-corrected chi connectivity index (χ3v) is 4.80. The van der Waals surface area contributed by atoms with Crippen LogP contribution in [0.3, 0.4) is 0 Å². The smallest absolute Gasteiger partial charge is 0.331 e. The number of halogens is 1. The van der Waals surface area contributed by atoms with E-state index in [-0.39, 0.29) is 19.1 Å². The first-order valence-electron chi connectivity index (χ1n) is 8.10. The summed E-state index contributed by atoms with van der Waals surface area (Å²) in [5.41, 5.74) is 0.431. The summed E-state index contributed by atoms with van der Waals surface area (Å²) in [5, 5.41) is 8.85. The maximum Gasteiger partial charge on any atom is 0.331 e. The summed E-state index contributed by atoms with van der Waals surface area (Å²) in [6, 6.07) is 2.14. The summed E-state index contributed by atoms with van der Waals surface area (Å²) in [4.78, 5) is 26.4. The molecule has 1 aliphatic heterocycles. The Morgan fingerprint density at radius 2 is 1.80 bits per heavy atom. The van der Waals surface area contributed by atoms with Crippen molar-refractivity contribution in [3.8, 4) is 6.07 Å². The number of morpholine rings is 1. The van der Waals surface area contributed by atoms with Gasteiger partial charge in [0.15, 0.2) is 0 Å². The molecule has 1 rings (SSSR count). The Morgan fingerprint density at radius 1 is 1.24 bits per heavy atom. The molecular formula is C16H23ClN2O5S. The average molecular weight is 391 g/mol. The number of allylic oxidation sites excluding steroid dienone is 1. The minimum absolute atomic E-state index is 0.151. The molecule has 0 spiro atoms. The van der Waals surface area contributed by atoms with Crippen molar-refractivity contribution in [3.63, 3.8) is 0 Å². The fourth-order valence-electron chi connectivity index (χ4n) is 2.15. The maximum atomic E-state index is 12.2. The molecule has 7 nitrogen and oxygen atoms in total. The molecular weight excluding hydrogens is 368 g/mol. The number of carbonyl (C=O) groups is 2. The highest BCUT2D eigenvalue weighted by atomic mass is 35.5. The number of thioether (sulfide) groups is 1. The summed E-state index contributed by atoms with van der Waals surface area (Å²) in [7, 11) is 0. The van der Waals surface area contributed by atoms with E-state index in [9.17, 15) is 14.9 Å².